The van der Waals surface area contributed by atoms with E-state index in [9.17, 15) is 24.8 Å². The second-order valence-electron chi connectivity index (χ2n) is 6.28. The first-order chi connectivity index (χ1) is 13.5. The third kappa shape index (κ3) is 7.14. The highest BCUT2D eigenvalue weighted by atomic mass is 16.6. The molecule has 0 fully saturated rings. The van der Waals surface area contributed by atoms with Gasteiger partial charge in [0.05, 0.1) is 17.3 Å². The van der Waals surface area contributed by atoms with Crippen LogP contribution < -0.4 is 21.1 Å². The number of hydrogen-bond acceptors (Lipinski definition) is 5. The van der Waals surface area contributed by atoms with Crippen molar-refractivity contribution in [2.24, 2.45) is 0 Å². The number of nitrogens with zero attached hydrogens (tertiary/aromatic N) is 1. The number of anilines is 1. The molecule has 148 valence electrons. The number of carboxylic acids is 1. The van der Waals surface area contributed by atoms with Gasteiger partial charge in [0, 0.05) is 23.4 Å². The average Bonchev–Trinajstić information content (AvgIpc) is 2.67. The molecule has 28 heavy (non-hydrogen) atoms. The molecule has 0 spiro atoms. The van der Waals surface area contributed by atoms with Gasteiger partial charge in [0.1, 0.15) is 25.7 Å². The van der Waals surface area contributed by atoms with Crippen LogP contribution in [0.2, 0.25) is 0 Å². The predicted molar refractivity (Wildman–Crippen MR) is 98.9 cm³/mol. The minimum atomic E-state index is -1.32. The summed E-state index contributed by atoms with van der Waals surface area (Å²) in [5, 5.41) is 28.2. The molecule has 0 unspecified atom stereocenters. The van der Waals surface area contributed by atoms with Crippen LogP contribution in [-0.4, -0.2) is 35.9 Å². The number of amides is 1. The zero-order chi connectivity index (χ0) is 20.4. The number of nitrogens with two attached hydrogens (primary N) is 2. The molecule has 1 atom stereocenters. The Balaban J connectivity index is 1.76. The molecular formula is C19H23N4O5+. The Kier molecular flexibility index (Phi) is 8.07. The normalized spacial score (nSPS) is 11.6. The van der Waals surface area contributed by atoms with Crippen LogP contribution in [0.5, 0.6) is 0 Å². The number of rotatable bonds is 11. The maximum absolute atomic E-state index is 12.1. The molecule has 2 rings (SSSR count). The van der Waals surface area contributed by atoms with Crippen molar-refractivity contribution in [2.75, 3.05) is 18.4 Å². The van der Waals surface area contributed by atoms with Crippen molar-refractivity contribution in [3.05, 3.63) is 70.3 Å². The number of carbonyl (C=O) groups excluding carboxylic acids is 2. The van der Waals surface area contributed by atoms with Crippen LogP contribution >= 0.6 is 0 Å². The van der Waals surface area contributed by atoms with Crippen molar-refractivity contribution < 1.29 is 30.3 Å². The van der Waals surface area contributed by atoms with Crippen LogP contribution in [-0.2, 0) is 16.1 Å². The number of non-ortho nitro benzene ring substituents is 1. The molecule has 9 nitrogen and oxygen atoms in total. The number of hydrogen-bond donors (Lipinski definition) is 3. The van der Waals surface area contributed by atoms with E-state index in [1.54, 1.807) is 5.32 Å². The topological polar surface area (TPSA) is 146 Å². The van der Waals surface area contributed by atoms with E-state index >= 15 is 0 Å². The highest BCUT2D eigenvalue weighted by Gasteiger charge is 2.19. The van der Waals surface area contributed by atoms with Crippen LogP contribution in [0.1, 0.15) is 12.0 Å². The SMILES string of the molecule is O=C(C[C@H]([NH2+]CC[NH2+]Cc1ccccc1)C(=O)[O-])Nc1cccc([N+](=O)[O-])c1. The molecule has 1 amide bonds. The third-order valence-corrected chi connectivity index (χ3v) is 4.09. The fraction of sp³-hybridized carbons (Fsp3) is 0.263. The molecule has 0 bridgehead atoms. The van der Waals surface area contributed by atoms with E-state index in [1.165, 1.54) is 29.8 Å². The van der Waals surface area contributed by atoms with E-state index in [1.807, 2.05) is 30.3 Å². The number of carbonyl (C=O) groups is 2. The van der Waals surface area contributed by atoms with Crippen LogP contribution in [0.25, 0.3) is 0 Å². The summed E-state index contributed by atoms with van der Waals surface area (Å²) in [5.74, 6) is -1.86. The molecule has 2 aromatic carbocycles. The highest BCUT2D eigenvalue weighted by molar-refractivity contribution is 5.93. The Hall–Kier alpha value is -3.30. The molecular weight excluding hydrogens is 364 g/mol. The van der Waals surface area contributed by atoms with Gasteiger partial charge in [-0.15, -0.1) is 0 Å². The Morgan fingerprint density at radius 1 is 1.07 bits per heavy atom. The average molecular weight is 387 g/mol. The zero-order valence-electron chi connectivity index (χ0n) is 15.2. The standard InChI is InChI=1S/C19H22N4O5/c24-18(22-15-7-4-8-16(11-15)23(27)28)12-17(19(25)26)21-10-9-20-13-14-5-2-1-3-6-14/h1-8,11,17,20-21H,9-10,12-13H2,(H,22,24)(H,25,26)/p+1/t17-/m0/s1. The summed E-state index contributed by atoms with van der Waals surface area (Å²) in [7, 11) is 0. The van der Waals surface area contributed by atoms with Crippen molar-refractivity contribution in [2.45, 2.75) is 19.0 Å². The van der Waals surface area contributed by atoms with E-state index < -0.39 is 22.8 Å². The minimum absolute atomic E-state index is 0.158. The number of quaternary nitrogens is 2. The van der Waals surface area contributed by atoms with Crippen molar-refractivity contribution in [3.63, 3.8) is 0 Å². The van der Waals surface area contributed by atoms with Crippen LogP contribution in [0.3, 0.4) is 0 Å². The first-order valence-corrected chi connectivity index (χ1v) is 8.90. The lowest BCUT2D eigenvalue weighted by Gasteiger charge is -2.16. The summed E-state index contributed by atoms with van der Waals surface area (Å²) >= 11 is 0. The maximum Gasteiger partial charge on any atom is 0.271 e. The van der Waals surface area contributed by atoms with E-state index in [-0.39, 0.29) is 17.8 Å². The van der Waals surface area contributed by atoms with Gasteiger partial charge >= 0.3 is 0 Å². The fourth-order valence-corrected chi connectivity index (χ4v) is 2.67. The van der Waals surface area contributed by atoms with Gasteiger partial charge in [0.25, 0.3) is 5.69 Å². The highest BCUT2D eigenvalue weighted by Crippen LogP contribution is 2.17. The maximum atomic E-state index is 12.1. The van der Waals surface area contributed by atoms with Crippen LogP contribution in [0, 0.1) is 10.1 Å². The van der Waals surface area contributed by atoms with Crippen LogP contribution in [0.15, 0.2) is 54.6 Å². The number of carboxylic acid groups (broad SMARTS) is 1. The monoisotopic (exact) mass is 387 g/mol. The molecule has 0 aliphatic heterocycles. The number of benzene rings is 2. The van der Waals surface area contributed by atoms with E-state index in [4.69, 9.17) is 0 Å². The summed E-state index contributed by atoms with van der Waals surface area (Å²) < 4.78 is 0. The summed E-state index contributed by atoms with van der Waals surface area (Å²) in [4.78, 5) is 33.6. The van der Waals surface area contributed by atoms with Crippen molar-refractivity contribution >= 4 is 23.3 Å². The minimum Gasteiger partial charge on any atom is -0.544 e. The van der Waals surface area contributed by atoms with Gasteiger partial charge in [-0.1, -0.05) is 36.4 Å². The van der Waals surface area contributed by atoms with Gasteiger partial charge < -0.3 is 25.9 Å². The second kappa shape index (κ2) is 10.8. The van der Waals surface area contributed by atoms with Crippen LogP contribution in [0.4, 0.5) is 11.4 Å². The summed E-state index contributed by atoms with van der Waals surface area (Å²) in [5.41, 5.74) is 1.26. The first-order valence-electron chi connectivity index (χ1n) is 8.90. The number of aliphatic carboxylic acids is 1. The van der Waals surface area contributed by atoms with E-state index in [2.05, 4.69) is 10.6 Å². The lowest BCUT2D eigenvalue weighted by Crippen LogP contribution is -2.99. The van der Waals surface area contributed by atoms with Gasteiger partial charge in [-0.25, -0.2) is 0 Å². The third-order valence-electron chi connectivity index (χ3n) is 4.09. The Morgan fingerprint density at radius 2 is 1.82 bits per heavy atom. The van der Waals surface area contributed by atoms with E-state index in [0.29, 0.717) is 13.1 Å². The molecule has 0 aliphatic rings. The molecule has 0 aliphatic carbocycles. The summed E-state index contributed by atoms with van der Waals surface area (Å²) in [6.45, 7) is 1.98. The molecule has 0 saturated carbocycles. The van der Waals surface area contributed by atoms with Gasteiger partial charge in [-0.2, -0.15) is 0 Å². The Labute approximate surface area is 161 Å². The van der Waals surface area contributed by atoms with Gasteiger partial charge in [0.15, 0.2) is 0 Å². The van der Waals surface area contributed by atoms with Crippen molar-refractivity contribution in [1.29, 1.82) is 0 Å². The Bertz CT molecular complexity index is 813. The predicted octanol–water partition coefficient (Wildman–Crippen LogP) is -1.63. The molecule has 9 heteroatoms. The fourth-order valence-electron chi connectivity index (χ4n) is 2.67. The molecule has 0 saturated heterocycles. The molecule has 0 radical (unpaired) electrons. The lowest BCUT2D eigenvalue weighted by molar-refractivity contribution is -0.742. The summed E-state index contributed by atoms with van der Waals surface area (Å²) in [6.07, 6.45) is -0.288. The molecule has 0 aromatic heterocycles. The van der Waals surface area contributed by atoms with E-state index in [0.717, 1.165) is 6.54 Å². The van der Waals surface area contributed by atoms with Gasteiger partial charge in [-0.05, 0) is 6.07 Å². The quantitative estimate of drug-likeness (QED) is 0.241. The molecule has 2 aromatic rings. The first kappa shape index (κ1) is 21.0. The Morgan fingerprint density at radius 3 is 2.50 bits per heavy atom. The largest absolute Gasteiger partial charge is 0.544 e. The summed E-state index contributed by atoms with van der Waals surface area (Å²) in [6, 6.07) is 14.3. The smallest absolute Gasteiger partial charge is 0.271 e. The number of nitrogens with one attached hydrogen (secondary N) is 1. The molecule has 5 N–H and O–H groups in total. The number of nitro groups is 1. The van der Waals surface area contributed by atoms with Crippen molar-refractivity contribution in [1.82, 2.24) is 0 Å². The van der Waals surface area contributed by atoms with Gasteiger partial charge in [-0.3, -0.25) is 14.9 Å². The lowest BCUT2D eigenvalue weighted by atomic mass is 10.2. The zero-order valence-corrected chi connectivity index (χ0v) is 15.2. The second-order valence-corrected chi connectivity index (χ2v) is 6.28. The van der Waals surface area contributed by atoms with Crippen molar-refractivity contribution in [3.8, 4) is 0 Å². The number of nitro benzene ring substituents is 1. The van der Waals surface area contributed by atoms with Gasteiger partial charge in [0.2, 0.25) is 5.91 Å². The molecule has 0 heterocycles.